The predicted molar refractivity (Wildman–Crippen MR) is 140 cm³/mol. The number of nitrogens with zero attached hydrogens (tertiary/aromatic N) is 9. The highest BCUT2D eigenvalue weighted by atomic mass is 32.2. The van der Waals surface area contributed by atoms with Crippen LogP contribution in [0.1, 0.15) is 35.5 Å². The molecule has 1 N–H and O–H groups in total. The van der Waals surface area contributed by atoms with Crippen molar-refractivity contribution in [2.24, 2.45) is 7.05 Å². The number of rotatable bonds is 6. The number of aromatic nitrogens is 7. The SMILES string of the molecule is Cc1ccc(-n2cnc(-c3nc(NC4CCN(S(=O)(=O)c5cnn(C)c5C)CC4)ncc3C(F)(F)F)c2)c(C#N)n1. The van der Waals surface area contributed by atoms with Gasteiger partial charge in [-0.15, -0.1) is 0 Å². The van der Waals surface area contributed by atoms with Gasteiger partial charge in [0.25, 0.3) is 0 Å². The van der Waals surface area contributed by atoms with Gasteiger partial charge in [-0.3, -0.25) is 4.68 Å². The van der Waals surface area contributed by atoms with Gasteiger partial charge in [0.05, 0.1) is 17.6 Å². The van der Waals surface area contributed by atoms with E-state index < -0.39 is 27.5 Å². The average molecular weight is 587 g/mol. The number of alkyl halides is 3. The topological polar surface area (TPSA) is 148 Å². The first kappa shape index (κ1) is 28.2. The molecule has 0 atom stereocenters. The van der Waals surface area contributed by atoms with Gasteiger partial charge < -0.3 is 9.88 Å². The Hall–Kier alpha value is -4.36. The fourth-order valence-electron chi connectivity index (χ4n) is 4.56. The molecule has 5 heterocycles. The highest BCUT2D eigenvalue weighted by Gasteiger charge is 2.37. The molecule has 0 aromatic carbocycles. The number of piperidine rings is 1. The van der Waals surface area contributed by atoms with Crippen LogP contribution in [0.25, 0.3) is 17.1 Å². The largest absolute Gasteiger partial charge is 0.420 e. The molecule has 5 rings (SSSR count). The quantitative estimate of drug-likeness (QED) is 0.360. The number of imidazole rings is 1. The zero-order valence-electron chi connectivity index (χ0n) is 22.3. The summed E-state index contributed by atoms with van der Waals surface area (Å²) in [4.78, 5) is 16.5. The zero-order valence-corrected chi connectivity index (χ0v) is 23.1. The Morgan fingerprint density at radius 1 is 1.10 bits per heavy atom. The van der Waals surface area contributed by atoms with Crippen LogP contribution in [-0.2, 0) is 23.2 Å². The Morgan fingerprint density at radius 2 is 1.83 bits per heavy atom. The minimum absolute atomic E-state index is 0.0401. The van der Waals surface area contributed by atoms with Crippen molar-refractivity contribution in [3.8, 4) is 23.1 Å². The molecule has 1 fully saturated rings. The van der Waals surface area contributed by atoms with Gasteiger partial charge in [-0.25, -0.2) is 28.4 Å². The molecule has 12 nitrogen and oxygen atoms in total. The van der Waals surface area contributed by atoms with Crippen LogP contribution in [0.3, 0.4) is 0 Å². The second-order valence-corrected chi connectivity index (χ2v) is 11.5. The first-order chi connectivity index (χ1) is 19.4. The molecule has 0 amide bonds. The smallest absolute Gasteiger partial charge is 0.351 e. The van der Waals surface area contributed by atoms with Gasteiger partial charge in [0.2, 0.25) is 16.0 Å². The molecule has 0 bridgehead atoms. The van der Waals surface area contributed by atoms with E-state index >= 15 is 0 Å². The molecular weight excluding hydrogens is 561 g/mol. The van der Waals surface area contributed by atoms with Crippen LogP contribution >= 0.6 is 0 Å². The number of nitriles is 1. The van der Waals surface area contributed by atoms with Crippen molar-refractivity contribution in [2.45, 2.75) is 43.8 Å². The van der Waals surface area contributed by atoms with Crippen molar-refractivity contribution in [3.63, 3.8) is 0 Å². The van der Waals surface area contributed by atoms with E-state index in [9.17, 15) is 26.9 Å². The predicted octanol–water partition coefficient (Wildman–Crippen LogP) is 3.23. The fraction of sp³-hybridized carbons (Fsp3) is 0.360. The van der Waals surface area contributed by atoms with Gasteiger partial charge in [0.15, 0.2) is 5.69 Å². The van der Waals surface area contributed by atoms with E-state index in [4.69, 9.17) is 0 Å². The summed E-state index contributed by atoms with van der Waals surface area (Å²) in [6, 6.07) is 5.02. The lowest BCUT2D eigenvalue weighted by Gasteiger charge is -2.31. The second kappa shape index (κ2) is 10.6. The third-order valence-electron chi connectivity index (χ3n) is 6.91. The van der Waals surface area contributed by atoms with Gasteiger partial charge in [-0.05, 0) is 38.8 Å². The van der Waals surface area contributed by atoms with E-state index in [2.05, 4.69) is 30.4 Å². The lowest BCUT2D eigenvalue weighted by molar-refractivity contribution is -0.137. The maximum atomic E-state index is 13.9. The molecule has 1 aliphatic rings. The molecular formula is C25H25F3N10O2S. The summed E-state index contributed by atoms with van der Waals surface area (Å²) in [7, 11) is -2.07. The van der Waals surface area contributed by atoms with Crippen molar-refractivity contribution in [1.82, 2.24) is 38.6 Å². The first-order valence-corrected chi connectivity index (χ1v) is 13.9. The third-order valence-corrected chi connectivity index (χ3v) is 8.91. The van der Waals surface area contributed by atoms with E-state index in [1.54, 1.807) is 33.0 Å². The number of aryl methyl sites for hydroxylation is 2. The minimum Gasteiger partial charge on any atom is -0.351 e. The molecule has 1 aliphatic heterocycles. The summed E-state index contributed by atoms with van der Waals surface area (Å²) in [6.07, 6.45) is 0.697. The number of anilines is 1. The number of sulfonamides is 1. The maximum absolute atomic E-state index is 13.9. The van der Waals surface area contributed by atoms with Crippen LogP contribution in [0.5, 0.6) is 0 Å². The highest BCUT2D eigenvalue weighted by molar-refractivity contribution is 7.89. The summed E-state index contributed by atoms with van der Waals surface area (Å²) in [5.74, 6) is -0.0401. The number of pyridine rings is 1. The van der Waals surface area contributed by atoms with Crippen molar-refractivity contribution >= 4 is 16.0 Å². The molecule has 0 aliphatic carbocycles. The van der Waals surface area contributed by atoms with E-state index in [0.29, 0.717) is 36.1 Å². The Balaban J connectivity index is 1.37. The number of halogens is 3. The van der Waals surface area contributed by atoms with Gasteiger partial charge in [0.1, 0.15) is 34.2 Å². The standard InChI is InChI=1S/C25H25F3N10O2S/c1-15-4-5-21(19(10-29)33-15)37-13-20(31-14-37)23-18(25(26,27)28)11-30-24(35-23)34-17-6-8-38(9-7-17)41(39,40)22-12-32-36(3)16(22)2/h4-5,11-14,17H,6-9H2,1-3H3,(H,30,34,35). The van der Waals surface area contributed by atoms with E-state index in [1.165, 1.54) is 32.3 Å². The fourth-order valence-corrected chi connectivity index (χ4v) is 6.22. The number of hydrogen-bond donors (Lipinski definition) is 1. The molecule has 0 unspecified atom stereocenters. The van der Waals surface area contributed by atoms with Gasteiger partial charge in [0, 0.05) is 44.3 Å². The van der Waals surface area contributed by atoms with E-state index in [-0.39, 0.29) is 41.4 Å². The van der Waals surface area contributed by atoms with Crippen LogP contribution in [-0.4, -0.2) is 66.1 Å². The van der Waals surface area contributed by atoms with Crippen molar-refractivity contribution in [3.05, 3.63) is 59.7 Å². The second-order valence-electron chi connectivity index (χ2n) is 9.59. The molecule has 1 saturated heterocycles. The normalized spacial score (nSPS) is 15.1. The minimum atomic E-state index is -4.75. The zero-order chi connectivity index (χ0) is 29.5. The van der Waals surface area contributed by atoms with Crippen LogP contribution in [0.15, 0.2) is 41.9 Å². The first-order valence-electron chi connectivity index (χ1n) is 12.5. The Labute approximate surface area is 233 Å². The van der Waals surface area contributed by atoms with Crippen molar-refractivity contribution in [1.29, 1.82) is 5.26 Å². The summed E-state index contributed by atoms with van der Waals surface area (Å²) < 4.78 is 72.1. The van der Waals surface area contributed by atoms with Crippen LogP contribution in [0.4, 0.5) is 19.1 Å². The third kappa shape index (κ3) is 5.50. The molecule has 4 aromatic heterocycles. The van der Waals surface area contributed by atoms with Crippen molar-refractivity contribution < 1.29 is 21.6 Å². The molecule has 0 radical (unpaired) electrons. The summed E-state index contributed by atoms with van der Waals surface area (Å²) in [6.45, 7) is 3.81. The molecule has 0 saturated carbocycles. The number of nitrogens with one attached hydrogen (secondary N) is 1. The molecule has 0 spiro atoms. The lowest BCUT2D eigenvalue weighted by atomic mass is 10.1. The molecule has 4 aromatic rings. The summed E-state index contributed by atoms with van der Waals surface area (Å²) in [5.41, 5.74) is 0.0408. The lowest BCUT2D eigenvalue weighted by Crippen LogP contribution is -2.42. The van der Waals surface area contributed by atoms with E-state index in [1.807, 2.05) is 6.07 Å². The number of hydrogen-bond acceptors (Lipinski definition) is 9. The Kier molecular flexibility index (Phi) is 7.26. The monoisotopic (exact) mass is 586 g/mol. The van der Waals surface area contributed by atoms with Crippen LogP contribution < -0.4 is 5.32 Å². The summed E-state index contributed by atoms with van der Waals surface area (Å²) in [5, 5.41) is 16.5. The Morgan fingerprint density at radius 3 is 2.46 bits per heavy atom. The summed E-state index contributed by atoms with van der Waals surface area (Å²) >= 11 is 0. The highest BCUT2D eigenvalue weighted by Crippen LogP contribution is 2.36. The maximum Gasteiger partial charge on any atom is 0.420 e. The Bertz CT molecular complexity index is 1750. The van der Waals surface area contributed by atoms with Gasteiger partial charge >= 0.3 is 6.18 Å². The molecule has 214 valence electrons. The average Bonchev–Trinajstić information content (AvgIpc) is 3.55. The van der Waals surface area contributed by atoms with Gasteiger partial charge in [-0.2, -0.15) is 27.8 Å². The van der Waals surface area contributed by atoms with Crippen LogP contribution in [0, 0.1) is 25.2 Å². The van der Waals surface area contributed by atoms with Crippen molar-refractivity contribution in [2.75, 3.05) is 18.4 Å². The van der Waals surface area contributed by atoms with Gasteiger partial charge in [-0.1, -0.05) is 0 Å². The molecule has 16 heteroatoms. The van der Waals surface area contributed by atoms with E-state index in [0.717, 1.165) is 0 Å². The molecule has 41 heavy (non-hydrogen) atoms. The van der Waals surface area contributed by atoms with Crippen LogP contribution in [0.2, 0.25) is 0 Å².